The van der Waals surface area contributed by atoms with E-state index in [1.54, 1.807) is 13.2 Å². The molecule has 0 amide bonds. The Bertz CT molecular complexity index is 1070. The highest BCUT2D eigenvalue weighted by Crippen LogP contribution is 2.44. The Labute approximate surface area is 173 Å². The number of carbonyl (C=O) groups is 1. The van der Waals surface area contributed by atoms with Gasteiger partial charge in [0.25, 0.3) is 6.43 Å². The number of fused-ring (bicyclic) bond motifs is 1. The zero-order valence-electron chi connectivity index (χ0n) is 17.2. The summed E-state index contributed by atoms with van der Waals surface area (Å²) in [4.78, 5) is 21.0. The largest absolute Gasteiger partial charge is 0.470 e. The van der Waals surface area contributed by atoms with Crippen LogP contribution < -0.4 is 4.74 Å². The maximum atomic E-state index is 13.7. The summed E-state index contributed by atoms with van der Waals surface area (Å²) in [6.07, 6.45) is 1.26. The minimum atomic E-state index is -2.68. The smallest absolute Gasteiger partial charge is 0.264 e. The lowest BCUT2D eigenvalue weighted by Crippen LogP contribution is -2.15. The number of pyridine rings is 2. The number of aryl methyl sites for hydroxylation is 2. The first-order valence-corrected chi connectivity index (χ1v) is 10.1. The van der Waals surface area contributed by atoms with E-state index in [1.165, 1.54) is 10.7 Å². The first-order valence-electron chi connectivity index (χ1n) is 10.1. The molecule has 0 N–H and O–H groups in total. The third-order valence-corrected chi connectivity index (χ3v) is 5.45. The molecule has 0 aliphatic heterocycles. The molecule has 3 aromatic rings. The Morgan fingerprint density at radius 2 is 2.10 bits per heavy atom. The lowest BCUT2D eigenvalue weighted by atomic mass is 9.97. The van der Waals surface area contributed by atoms with Crippen LogP contribution >= 0.6 is 0 Å². The summed E-state index contributed by atoms with van der Waals surface area (Å²) in [7, 11) is 1.68. The van der Waals surface area contributed by atoms with Crippen LogP contribution in [-0.4, -0.2) is 32.1 Å². The van der Waals surface area contributed by atoms with Gasteiger partial charge in [-0.15, -0.1) is 0 Å². The maximum Gasteiger partial charge on any atom is 0.264 e. The molecule has 1 aliphatic carbocycles. The van der Waals surface area contributed by atoms with E-state index < -0.39 is 6.43 Å². The summed E-state index contributed by atoms with van der Waals surface area (Å²) < 4.78 is 34.5. The van der Waals surface area contributed by atoms with Gasteiger partial charge in [0, 0.05) is 42.9 Å². The first-order chi connectivity index (χ1) is 14.3. The van der Waals surface area contributed by atoms with E-state index in [4.69, 9.17) is 4.74 Å². The number of carbonyl (C=O) groups excluding carboxylic acids is 1. The molecule has 1 fully saturated rings. The van der Waals surface area contributed by atoms with Crippen molar-refractivity contribution in [2.75, 3.05) is 6.61 Å². The van der Waals surface area contributed by atoms with Crippen molar-refractivity contribution in [3.63, 3.8) is 0 Å². The van der Waals surface area contributed by atoms with Gasteiger partial charge in [-0.2, -0.15) is 10.1 Å². The Morgan fingerprint density at radius 3 is 2.73 bits per heavy atom. The molecule has 1 unspecified atom stereocenters. The quantitative estimate of drug-likeness (QED) is 0.538. The van der Waals surface area contributed by atoms with Crippen molar-refractivity contribution in [2.45, 2.75) is 51.4 Å². The van der Waals surface area contributed by atoms with Crippen LogP contribution in [0.3, 0.4) is 0 Å². The summed E-state index contributed by atoms with van der Waals surface area (Å²) in [5.41, 5.74) is 2.78. The number of halogens is 2. The fraction of sp³-hybridized carbons (Fsp3) is 0.455. The first kappa shape index (κ1) is 20.4. The van der Waals surface area contributed by atoms with Crippen molar-refractivity contribution >= 4 is 16.8 Å². The number of rotatable bonds is 8. The van der Waals surface area contributed by atoms with Crippen LogP contribution in [0.15, 0.2) is 24.4 Å². The third-order valence-electron chi connectivity index (χ3n) is 5.45. The fourth-order valence-corrected chi connectivity index (χ4v) is 3.61. The predicted molar refractivity (Wildman–Crippen MR) is 108 cm³/mol. The monoisotopic (exact) mass is 414 g/mol. The molecule has 4 rings (SSSR count). The van der Waals surface area contributed by atoms with E-state index in [0.29, 0.717) is 16.7 Å². The molecule has 1 aliphatic rings. The van der Waals surface area contributed by atoms with Crippen LogP contribution in [0.2, 0.25) is 0 Å². The average molecular weight is 414 g/mol. The summed E-state index contributed by atoms with van der Waals surface area (Å²) in [6, 6.07) is 5.09. The second-order valence-electron chi connectivity index (χ2n) is 8.00. The molecule has 30 heavy (non-hydrogen) atoms. The van der Waals surface area contributed by atoms with Gasteiger partial charge in [-0.1, -0.05) is 13.0 Å². The van der Waals surface area contributed by atoms with E-state index in [2.05, 4.69) is 15.1 Å². The number of aromatic nitrogens is 4. The minimum Gasteiger partial charge on any atom is -0.470 e. The lowest BCUT2D eigenvalue weighted by Gasteiger charge is -2.12. The van der Waals surface area contributed by atoms with Crippen LogP contribution in [0.4, 0.5) is 8.78 Å². The molecule has 0 spiro atoms. The van der Waals surface area contributed by atoms with Gasteiger partial charge in [0.1, 0.15) is 6.61 Å². The standard InChI is InChI=1S/C22H24F2N4O2/c1-12(15-5-4-13(2)25-10-15)8-16(29)11-30-18-9-17(21(23)24)19-20(14-6-7-14)27-28(3)22(19)26-18/h4-5,9-10,12,14,21H,6-8,11H2,1-3H3. The maximum absolute atomic E-state index is 13.7. The highest BCUT2D eigenvalue weighted by Gasteiger charge is 2.32. The molecule has 1 saturated carbocycles. The number of hydrogen-bond donors (Lipinski definition) is 0. The predicted octanol–water partition coefficient (Wildman–Crippen LogP) is 4.63. The number of ether oxygens (including phenoxy) is 1. The molecule has 3 aromatic heterocycles. The minimum absolute atomic E-state index is 0.0144. The van der Waals surface area contributed by atoms with Crippen molar-refractivity contribution in [3.05, 3.63) is 46.9 Å². The number of alkyl halides is 2. The second kappa shape index (κ2) is 8.08. The van der Waals surface area contributed by atoms with Gasteiger partial charge in [-0.3, -0.25) is 14.5 Å². The van der Waals surface area contributed by atoms with Crippen molar-refractivity contribution < 1.29 is 18.3 Å². The molecule has 6 nitrogen and oxygen atoms in total. The molecule has 0 saturated heterocycles. The summed E-state index contributed by atoms with van der Waals surface area (Å²) in [6.45, 7) is 3.62. The van der Waals surface area contributed by atoms with Crippen molar-refractivity contribution in [1.29, 1.82) is 0 Å². The molecule has 8 heteroatoms. The third kappa shape index (κ3) is 4.17. The molecule has 0 aromatic carbocycles. The topological polar surface area (TPSA) is 69.9 Å². The zero-order valence-corrected chi connectivity index (χ0v) is 17.2. The van der Waals surface area contributed by atoms with Crippen LogP contribution in [0, 0.1) is 6.92 Å². The summed E-state index contributed by atoms with van der Waals surface area (Å²) >= 11 is 0. The van der Waals surface area contributed by atoms with Gasteiger partial charge in [0.05, 0.1) is 11.1 Å². The van der Waals surface area contributed by atoms with Gasteiger partial charge >= 0.3 is 0 Å². The molecule has 158 valence electrons. The van der Waals surface area contributed by atoms with E-state index in [9.17, 15) is 13.6 Å². The van der Waals surface area contributed by atoms with E-state index >= 15 is 0 Å². The van der Waals surface area contributed by atoms with E-state index in [1.807, 2.05) is 26.0 Å². The van der Waals surface area contributed by atoms with Gasteiger partial charge in [0.15, 0.2) is 11.4 Å². The van der Waals surface area contributed by atoms with Gasteiger partial charge in [0.2, 0.25) is 5.88 Å². The molecular weight excluding hydrogens is 390 g/mol. The lowest BCUT2D eigenvalue weighted by molar-refractivity contribution is -0.121. The average Bonchev–Trinajstić information content (AvgIpc) is 3.50. The Balaban J connectivity index is 1.49. The molecular formula is C22H24F2N4O2. The van der Waals surface area contributed by atoms with Gasteiger partial charge < -0.3 is 4.74 Å². The van der Waals surface area contributed by atoms with Crippen molar-refractivity contribution in [2.24, 2.45) is 7.05 Å². The fourth-order valence-electron chi connectivity index (χ4n) is 3.61. The molecule has 0 radical (unpaired) electrons. The second-order valence-corrected chi connectivity index (χ2v) is 8.00. The van der Waals surface area contributed by atoms with Crippen LogP contribution in [0.1, 0.15) is 67.0 Å². The highest BCUT2D eigenvalue weighted by atomic mass is 19.3. The normalized spacial score (nSPS) is 15.0. The number of nitrogens with zero attached hydrogens (tertiary/aromatic N) is 4. The van der Waals surface area contributed by atoms with Crippen LogP contribution in [-0.2, 0) is 11.8 Å². The SMILES string of the molecule is Cc1ccc(C(C)CC(=O)COc2cc(C(F)F)c3c(C4CC4)nn(C)c3n2)cn1. The number of Topliss-reactive ketones (excluding diaryl/α,β-unsaturated/α-hetero) is 1. The summed E-state index contributed by atoms with van der Waals surface area (Å²) in [5, 5.41) is 4.81. The van der Waals surface area contributed by atoms with Gasteiger partial charge in [-0.05, 0) is 37.3 Å². The van der Waals surface area contributed by atoms with Gasteiger partial charge in [-0.25, -0.2) is 8.78 Å². The molecule has 0 bridgehead atoms. The molecule has 1 atom stereocenters. The Kier molecular flexibility index (Phi) is 5.49. The van der Waals surface area contributed by atoms with Crippen molar-refractivity contribution in [1.82, 2.24) is 19.7 Å². The Morgan fingerprint density at radius 1 is 1.33 bits per heavy atom. The summed E-state index contributed by atoms with van der Waals surface area (Å²) in [5.74, 6) is 0.0898. The van der Waals surface area contributed by atoms with E-state index in [-0.39, 0.29) is 42.1 Å². The number of ketones is 1. The highest BCUT2D eigenvalue weighted by molar-refractivity contribution is 5.84. The van der Waals surface area contributed by atoms with Crippen molar-refractivity contribution in [3.8, 4) is 5.88 Å². The van der Waals surface area contributed by atoms with Crippen LogP contribution in [0.5, 0.6) is 5.88 Å². The zero-order chi connectivity index (χ0) is 21.4. The Hall–Kier alpha value is -2.90. The molecule has 3 heterocycles. The van der Waals surface area contributed by atoms with Crippen LogP contribution in [0.25, 0.3) is 11.0 Å². The van der Waals surface area contributed by atoms with E-state index in [0.717, 1.165) is 24.1 Å². The number of hydrogen-bond acceptors (Lipinski definition) is 5.